The van der Waals surface area contributed by atoms with E-state index in [2.05, 4.69) is 8.92 Å². The molecule has 6 aromatic rings. The molecule has 0 radical (unpaired) electrons. The van der Waals surface area contributed by atoms with Crippen molar-refractivity contribution in [2.75, 3.05) is 21.3 Å². The van der Waals surface area contributed by atoms with Crippen molar-refractivity contribution in [3.8, 4) is 34.5 Å². The molecule has 0 saturated carbocycles. The first kappa shape index (κ1) is 50.8. The van der Waals surface area contributed by atoms with Crippen LogP contribution in [0.1, 0.15) is 21.5 Å². The normalized spacial score (nSPS) is 12.2. The first-order valence-corrected chi connectivity index (χ1v) is 24.1. The van der Waals surface area contributed by atoms with E-state index in [4.69, 9.17) is 14.2 Å². The molecule has 360 valence electrons. The van der Waals surface area contributed by atoms with E-state index in [1.807, 2.05) is 0 Å². The van der Waals surface area contributed by atoms with Crippen LogP contribution in [0.5, 0.6) is 34.5 Å². The van der Waals surface area contributed by atoms with E-state index in [0.717, 1.165) is 99.1 Å². The Morgan fingerprint density at radius 2 is 0.882 bits per heavy atom. The molecule has 0 aliphatic heterocycles. The Kier molecular flexibility index (Phi) is 14.0. The topological polar surface area (TPSA) is 220 Å². The van der Waals surface area contributed by atoms with E-state index in [1.165, 1.54) is 0 Å². The van der Waals surface area contributed by atoms with Crippen LogP contribution in [0.3, 0.4) is 0 Å². The highest BCUT2D eigenvalue weighted by Crippen LogP contribution is 2.39. The van der Waals surface area contributed by atoms with Crippen molar-refractivity contribution in [1.29, 1.82) is 0 Å². The van der Waals surface area contributed by atoms with Gasteiger partial charge in [0.15, 0.2) is 29.0 Å². The predicted molar refractivity (Wildman–Crippen MR) is 215 cm³/mol. The van der Waals surface area contributed by atoms with Gasteiger partial charge in [0.1, 0.15) is 44.8 Å². The van der Waals surface area contributed by atoms with Gasteiger partial charge in [0.05, 0.1) is 40.9 Å². The molecule has 6 rings (SSSR count). The first-order chi connectivity index (χ1) is 31.7. The van der Waals surface area contributed by atoms with Gasteiger partial charge in [-0.05, 0) is 84.9 Å². The van der Waals surface area contributed by atoms with Gasteiger partial charge in [0.2, 0.25) is 54.5 Å². The number of ketones is 1. The van der Waals surface area contributed by atoms with Crippen molar-refractivity contribution in [3.63, 3.8) is 0 Å². The summed E-state index contributed by atoms with van der Waals surface area (Å²) in [5, 5.41) is 0. The number of halogens is 8. The van der Waals surface area contributed by atoms with E-state index in [0.29, 0.717) is 7.11 Å². The van der Waals surface area contributed by atoms with Crippen LogP contribution in [0.15, 0.2) is 109 Å². The average Bonchev–Trinajstić information content (AvgIpc) is 3.29. The molecule has 15 nitrogen and oxygen atoms in total. The Morgan fingerprint density at radius 1 is 0.485 bits per heavy atom. The van der Waals surface area contributed by atoms with Crippen LogP contribution in [0.2, 0.25) is 0 Å². The molecule has 0 spiro atoms. The Bertz CT molecular complexity index is 3440. The van der Waals surface area contributed by atoms with Gasteiger partial charge in [0.25, 0.3) is 20.2 Å². The van der Waals surface area contributed by atoms with Crippen molar-refractivity contribution in [2.45, 2.75) is 30.2 Å². The Balaban J connectivity index is 1.23. The highest BCUT2D eigenvalue weighted by atomic mass is 32.2. The van der Waals surface area contributed by atoms with Crippen LogP contribution in [0, 0.1) is 46.5 Å². The minimum absolute atomic E-state index is 0.167. The molecule has 68 heavy (non-hydrogen) atoms. The summed E-state index contributed by atoms with van der Waals surface area (Å²) in [6.07, 6.45) is 0. The summed E-state index contributed by atoms with van der Waals surface area (Å²) in [5.74, 6) is -28.5. The molecular weight excluding hydrogens is 1010 g/mol. The number of carbonyl (C=O) groups is 1. The number of hydrogen-bond acceptors (Lipinski definition) is 14. The lowest BCUT2D eigenvalue weighted by molar-refractivity contribution is 0.101. The van der Waals surface area contributed by atoms with E-state index < -0.39 is 156 Å². The molecule has 6 aromatic carbocycles. The lowest BCUT2D eigenvalue weighted by Crippen LogP contribution is -2.18. The maximum Gasteiger partial charge on any atom is 0.300 e. The van der Waals surface area contributed by atoms with Crippen LogP contribution < -0.4 is 18.9 Å². The second-order valence-corrected chi connectivity index (χ2v) is 20.6. The van der Waals surface area contributed by atoms with Crippen molar-refractivity contribution in [1.82, 2.24) is 0 Å². The summed E-state index contributed by atoms with van der Waals surface area (Å²) in [5.41, 5.74) is -4.99. The van der Waals surface area contributed by atoms with Crippen molar-refractivity contribution in [2.24, 2.45) is 0 Å². The lowest BCUT2D eigenvalue weighted by Gasteiger charge is -2.15. The molecule has 0 aromatic heterocycles. The third kappa shape index (κ3) is 9.56. The fourth-order valence-corrected chi connectivity index (χ4v) is 10.3. The molecule has 0 aliphatic rings. The third-order valence-electron chi connectivity index (χ3n) is 9.43. The fraction of sp³-hybridized carbons (Fsp3) is 0.0976. The maximum atomic E-state index is 15.1. The van der Waals surface area contributed by atoms with Crippen LogP contribution in [-0.4, -0.2) is 65.3 Å². The first-order valence-electron chi connectivity index (χ1n) is 18.1. The second kappa shape index (κ2) is 18.8. The minimum atomic E-state index is -4.87. The third-order valence-corrected chi connectivity index (χ3v) is 14.9. The maximum absolute atomic E-state index is 15.1. The number of hydrogen-bond donors (Lipinski definition) is 1. The standard InChI is InChI=1S/C41H26F8O15S4/c1-60-27-15-13-25(17-28(27)68(58,59)62-3)67(56,57)24-12-14-26(19(16-24)18-65(51,52)53)63-20-4-8-22(9-5-20)66(54,55)23-10-6-21(7-11-23)64-41-37(48)33(44)30(34(45)38(41)49)39(50)29-31(42)35(46)40(61-2)36(47)32(29)43/h4-17H,18H2,1-3H3,(H,51,52,53). The van der Waals surface area contributed by atoms with Crippen LogP contribution in [0.25, 0.3) is 0 Å². The number of benzene rings is 6. The zero-order valence-corrected chi connectivity index (χ0v) is 37.4. The Hall–Kier alpha value is -6.65. The smallest absolute Gasteiger partial charge is 0.300 e. The number of carbonyl (C=O) groups excluding carboxylic acids is 1. The molecule has 1 N–H and O–H groups in total. The van der Waals surface area contributed by atoms with Crippen molar-refractivity contribution >= 4 is 45.7 Å². The molecule has 0 atom stereocenters. The summed E-state index contributed by atoms with van der Waals surface area (Å²) in [4.78, 5) is 9.95. The van der Waals surface area contributed by atoms with Gasteiger partial charge in [0, 0.05) is 5.56 Å². The van der Waals surface area contributed by atoms with Crippen molar-refractivity contribution < 1.29 is 101 Å². The number of rotatable bonds is 16. The molecule has 0 bridgehead atoms. The van der Waals surface area contributed by atoms with Crippen LogP contribution in [-0.2, 0) is 49.8 Å². The molecule has 0 amide bonds. The molecular formula is C41H26F8O15S4. The van der Waals surface area contributed by atoms with Gasteiger partial charge in [-0.25, -0.2) is 34.4 Å². The van der Waals surface area contributed by atoms with Crippen molar-refractivity contribution in [3.05, 3.63) is 148 Å². The summed E-state index contributed by atoms with van der Waals surface area (Å²) >= 11 is 0. The Morgan fingerprint density at radius 3 is 1.31 bits per heavy atom. The molecule has 0 aliphatic carbocycles. The Labute approximate surface area is 379 Å². The zero-order chi connectivity index (χ0) is 50.4. The van der Waals surface area contributed by atoms with E-state index in [-0.39, 0.29) is 17.2 Å². The molecule has 0 fully saturated rings. The van der Waals surface area contributed by atoms with Crippen LogP contribution in [0.4, 0.5) is 35.1 Å². The van der Waals surface area contributed by atoms with E-state index in [9.17, 15) is 60.6 Å². The zero-order valence-electron chi connectivity index (χ0n) is 34.1. The van der Waals surface area contributed by atoms with Gasteiger partial charge < -0.3 is 18.9 Å². The van der Waals surface area contributed by atoms with Gasteiger partial charge in [-0.1, -0.05) is 0 Å². The predicted octanol–water partition coefficient (Wildman–Crippen LogP) is 8.02. The highest BCUT2D eigenvalue weighted by molar-refractivity contribution is 7.92. The monoisotopic (exact) mass is 1040 g/mol. The molecule has 0 saturated heterocycles. The largest absolute Gasteiger partial charge is 0.495 e. The summed E-state index contributed by atoms with van der Waals surface area (Å²) < 4.78 is 255. The quantitative estimate of drug-likeness (QED) is 0.0319. The number of sulfone groups is 2. The fourth-order valence-electron chi connectivity index (χ4n) is 6.15. The molecule has 0 unspecified atom stereocenters. The van der Waals surface area contributed by atoms with Gasteiger partial charge in [-0.3, -0.25) is 13.5 Å². The summed E-state index contributed by atoms with van der Waals surface area (Å²) in [7, 11) is -15.9. The summed E-state index contributed by atoms with van der Waals surface area (Å²) in [6, 6.07) is 12.9. The van der Waals surface area contributed by atoms with E-state index >= 15 is 17.6 Å². The highest BCUT2D eigenvalue weighted by Gasteiger charge is 2.37. The molecule has 27 heteroatoms. The van der Waals surface area contributed by atoms with Gasteiger partial charge in [-0.15, -0.1) is 0 Å². The molecule has 0 heterocycles. The van der Waals surface area contributed by atoms with Gasteiger partial charge >= 0.3 is 0 Å². The average molecular weight is 1040 g/mol. The number of methoxy groups -OCH3 is 2. The van der Waals surface area contributed by atoms with Gasteiger partial charge in [-0.2, -0.15) is 34.4 Å². The summed E-state index contributed by atoms with van der Waals surface area (Å²) in [6.45, 7) is 0. The van der Waals surface area contributed by atoms with Crippen LogP contribution >= 0.6 is 0 Å². The van der Waals surface area contributed by atoms with E-state index in [1.54, 1.807) is 0 Å². The second-order valence-electron chi connectivity index (χ2n) is 13.5. The number of ether oxygens (including phenoxy) is 4. The SMILES string of the molecule is COc1ccc(S(=O)(=O)c2ccc(Oc3ccc(S(=O)(=O)c4ccc(Oc5c(F)c(F)c(C(=O)c6c(F)c(F)c(OC)c(F)c6F)c(F)c5F)cc4)cc3)c(CS(=O)(=O)O)c2)cc1S(=O)(=O)OC. The lowest BCUT2D eigenvalue weighted by atomic mass is 9.99. The minimum Gasteiger partial charge on any atom is -0.495 e.